The zero-order valence-electron chi connectivity index (χ0n) is 17.6. The predicted molar refractivity (Wildman–Crippen MR) is 111 cm³/mol. The Morgan fingerprint density at radius 1 is 0.969 bits per heavy atom. The summed E-state index contributed by atoms with van der Waals surface area (Å²) in [5, 5.41) is 19.1. The van der Waals surface area contributed by atoms with Gasteiger partial charge in [0.15, 0.2) is 5.92 Å². The number of hydrogen-bond acceptors (Lipinski definition) is 4. The fourth-order valence-corrected chi connectivity index (χ4v) is 4.27. The summed E-state index contributed by atoms with van der Waals surface area (Å²) < 4.78 is 44.7. The van der Waals surface area contributed by atoms with Crippen LogP contribution in [-0.4, -0.2) is 12.1 Å². The second-order valence-electron chi connectivity index (χ2n) is 8.21. The molecule has 4 nitrogen and oxygen atoms in total. The van der Waals surface area contributed by atoms with Crippen molar-refractivity contribution in [3.05, 3.63) is 71.3 Å². The Morgan fingerprint density at radius 3 is 2.12 bits per heavy atom. The topological polar surface area (TPSA) is 73.9 Å². The SMILES string of the molecule is C[C@](C(=O)O[C@@H]1CCCC[C@H]1c1ccc(C(F)(F)F)cc1)(c1ccccc1)C(C#N)C#N. The van der Waals surface area contributed by atoms with Gasteiger partial charge in [-0.25, -0.2) is 0 Å². The maximum atomic E-state index is 13.4. The molecule has 2 aromatic rings. The molecule has 3 atom stereocenters. The van der Waals surface area contributed by atoms with Crippen molar-refractivity contribution in [1.29, 1.82) is 10.5 Å². The lowest BCUT2D eigenvalue weighted by Gasteiger charge is -2.36. The van der Waals surface area contributed by atoms with Crippen LogP contribution in [0.5, 0.6) is 0 Å². The van der Waals surface area contributed by atoms with E-state index in [1.807, 2.05) is 12.1 Å². The van der Waals surface area contributed by atoms with E-state index in [9.17, 15) is 28.5 Å². The minimum Gasteiger partial charge on any atom is -0.461 e. The standard InChI is InChI=1S/C25H23F3N2O2/c1-24(20(15-29)16-30,18-7-3-2-4-8-18)23(31)32-22-10-6-5-9-21(22)17-11-13-19(14-12-17)25(26,27)28/h2-4,7-8,11-14,20-22H,5-6,9-10H2,1H3/t21-,22+,24-/m0/s1. The van der Waals surface area contributed by atoms with Crippen molar-refractivity contribution in [2.45, 2.75) is 56.2 Å². The fourth-order valence-electron chi connectivity index (χ4n) is 4.27. The van der Waals surface area contributed by atoms with Crippen LogP contribution in [0.4, 0.5) is 13.2 Å². The molecule has 0 aromatic heterocycles. The molecule has 1 aliphatic carbocycles. The molecule has 0 aliphatic heterocycles. The van der Waals surface area contributed by atoms with Crippen LogP contribution >= 0.6 is 0 Å². The fraction of sp³-hybridized carbons (Fsp3) is 0.400. The molecule has 166 valence electrons. The molecule has 3 rings (SSSR count). The number of alkyl halides is 3. The first-order chi connectivity index (χ1) is 15.2. The summed E-state index contributed by atoms with van der Waals surface area (Å²) in [6.45, 7) is 1.53. The largest absolute Gasteiger partial charge is 0.461 e. The van der Waals surface area contributed by atoms with Crippen LogP contribution in [0.3, 0.4) is 0 Å². The van der Waals surface area contributed by atoms with Crippen molar-refractivity contribution in [2.75, 3.05) is 0 Å². The lowest BCUT2D eigenvalue weighted by molar-refractivity contribution is -0.159. The second kappa shape index (κ2) is 9.44. The van der Waals surface area contributed by atoms with Gasteiger partial charge in [0.05, 0.1) is 17.7 Å². The zero-order valence-corrected chi connectivity index (χ0v) is 17.6. The van der Waals surface area contributed by atoms with Gasteiger partial charge in [-0.3, -0.25) is 4.79 Å². The van der Waals surface area contributed by atoms with E-state index in [4.69, 9.17) is 4.74 Å². The molecule has 2 aromatic carbocycles. The summed E-state index contributed by atoms with van der Waals surface area (Å²) >= 11 is 0. The van der Waals surface area contributed by atoms with Gasteiger partial charge in [0.25, 0.3) is 0 Å². The summed E-state index contributed by atoms with van der Waals surface area (Å²) in [5.74, 6) is -2.19. The van der Waals surface area contributed by atoms with Gasteiger partial charge < -0.3 is 4.74 Å². The van der Waals surface area contributed by atoms with Crippen LogP contribution in [0.25, 0.3) is 0 Å². The van der Waals surface area contributed by atoms with E-state index in [-0.39, 0.29) is 5.92 Å². The molecule has 0 unspecified atom stereocenters. The van der Waals surface area contributed by atoms with Crippen LogP contribution in [0, 0.1) is 28.6 Å². The molecule has 1 aliphatic rings. The number of benzene rings is 2. The first-order valence-electron chi connectivity index (χ1n) is 10.4. The lowest BCUT2D eigenvalue weighted by atomic mass is 9.72. The Bertz CT molecular complexity index is 1010. The van der Waals surface area contributed by atoms with Crippen LogP contribution in [-0.2, 0) is 21.1 Å². The number of ether oxygens (including phenoxy) is 1. The van der Waals surface area contributed by atoms with E-state index in [2.05, 4.69) is 0 Å². The van der Waals surface area contributed by atoms with E-state index in [1.165, 1.54) is 19.1 Å². The monoisotopic (exact) mass is 440 g/mol. The number of hydrogen-bond donors (Lipinski definition) is 0. The zero-order chi connectivity index (χ0) is 23.4. The Balaban J connectivity index is 1.89. The van der Waals surface area contributed by atoms with Crippen molar-refractivity contribution in [3.8, 4) is 12.1 Å². The second-order valence-corrected chi connectivity index (χ2v) is 8.21. The van der Waals surface area contributed by atoms with Crippen LogP contribution in [0.2, 0.25) is 0 Å². The number of halogens is 3. The smallest absolute Gasteiger partial charge is 0.416 e. The molecule has 1 fully saturated rings. The van der Waals surface area contributed by atoms with Crippen molar-refractivity contribution >= 4 is 5.97 Å². The highest BCUT2D eigenvalue weighted by atomic mass is 19.4. The third-order valence-electron chi connectivity index (χ3n) is 6.26. The molecule has 0 bridgehead atoms. The minimum absolute atomic E-state index is 0.252. The molecule has 32 heavy (non-hydrogen) atoms. The first-order valence-corrected chi connectivity index (χ1v) is 10.4. The van der Waals surface area contributed by atoms with E-state index in [1.54, 1.807) is 30.3 Å². The summed E-state index contributed by atoms with van der Waals surface area (Å²) in [5.41, 5.74) is -1.05. The Kier molecular flexibility index (Phi) is 6.89. The Morgan fingerprint density at radius 2 is 1.56 bits per heavy atom. The molecular formula is C25H23F3N2O2. The average Bonchev–Trinajstić information content (AvgIpc) is 2.80. The van der Waals surface area contributed by atoms with E-state index in [0.717, 1.165) is 25.0 Å². The number of carbonyl (C=O) groups excluding carboxylic acids is 1. The first kappa shape index (κ1) is 23.3. The van der Waals surface area contributed by atoms with Gasteiger partial charge in [-0.15, -0.1) is 0 Å². The van der Waals surface area contributed by atoms with Crippen LogP contribution < -0.4 is 0 Å². The minimum atomic E-state index is -4.42. The molecule has 7 heteroatoms. The highest BCUT2D eigenvalue weighted by molar-refractivity contribution is 5.84. The molecule has 0 saturated heterocycles. The van der Waals surface area contributed by atoms with Crippen molar-refractivity contribution in [3.63, 3.8) is 0 Å². The molecule has 0 heterocycles. The third kappa shape index (κ3) is 4.62. The van der Waals surface area contributed by atoms with E-state index >= 15 is 0 Å². The van der Waals surface area contributed by atoms with Gasteiger partial charge in [0, 0.05) is 5.92 Å². The van der Waals surface area contributed by atoms with Gasteiger partial charge in [-0.05, 0) is 49.4 Å². The van der Waals surface area contributed by atoms with Crippen molar-refractivity contribution in [1.82, 2.24) is 0 Å². The molecule has 0 N–H and O–H groups in total. The third-order valence-corrected chi connectivity index (χ3v) is 6.26. The number of nitriles is 2. The summed E-state index contributed by atoms with van der Waals surface area (Å²) in [6, 6.07) is 17.3. The van der Waals surface area contributed by atoms with E-state index < -0.39 is 35.1 Å². The lowest BCUT2D eigenvalue weighted by Crippen LogP contribution is -2.43. The maximum absolute atomic E-state index is 13.4. The van der Waals surface area contributed by atoms with Crippen molar-refractivity contribution in [2.24, 2.45) is 5.92 Å². The highest BCUT2D eigenvalue weighted by Crippen LogP contribution is 2.40. The predicted octanol–water partition coefficient (Wildman–Crippen LogP) is 5.90. The molecule has 1 saturated carbocycles. The van der Waals surface area contributed by atoms with Crippen LogP contribution in [0.15, 0.2) is 54.6 Å². The van der Waals surface area contributed by atoms with Gasteiger partial charge >= 0.3 is 12.1 Å². The Labute approximate surface area is 185 Å². The van der Waals surface area contributed by atoms with Gasteiger partial charge in [0.2, 0.25) is 0 Å². The molecular weight excluding hydrogens is 417 g/mol. The molecule has 0 amide bonds. The van der Waals surface area contributed by atoms with Crippen molar-refractivity contribution < 1.29 is 22.7 Å². The maximum Gasteiger partial charge on any atom is 0.416 e. The van der Waals surface area contributed by atoms with Gasteiger partial charge in [-0.1, -0.05) is 48.9 Å². The molecule has 0 spiro atoms. The number of esters is 1. The number of nitrogens with zero attached hydrogens (tertiary/aromatic N) is 2. The number of rotatable bonds is 5. The van der Waals surface area contributed by atoms with Gasteiger partial charge in [-0.2, -0.15) is 23.7 Å². The van der Waals surface area contributed by atoms with Gasteiger partial charge in [0.1, 0.15) is 11.5 Å². The normalized spacial score (nSPS) is 20.6. The van der Waals surface area contributed by atoms with Crippen LogP contribution in [0.1, 0.15) is 55.2 Å². The quantitative estimate of drug-likeness (QED) is 0.543. The highest BCUT2D eigenvalue weighted by Gasteiger charge is 2.47. The molecule has 0 radical (unpaired) electrons. The number of carbonyl (C=O) groups is 1. The average molecular weight is 440 g/mol. The summed E-state index contributed by atoms with van der Waals surface area (Å²) in [7, 11) is 0. The Hall–Kier alpha value is -3.32. The summed E-state index contributed by atoms with van der Waals surface area (Å²) in [6.07, 6.45) is -2.05. The summed E-state index contributed by atoms with van der Waals surface area (Å²) in [4.78, 5) is 13.4. The van der Waals surface area contributed by atoms with E-state index in [0.29, 0.717) is 24.0 Å².